The van der Waals surface area contributed by atoms with Crippen molar-refractivity contribution in [2.24, 2.45) is 0 Å². The summed E-state index contributed by atoms with van der Waals surface area (Å²) in [7, 11) is -3.85. The number of ether oxygens (including phenoxy) is 1. The quantitative estimate of drug-likeness (QED) is 0.579. The van der Waals surface area contributed by atoms with Crippen LogP contribution in [0, 0.1) is 0 Å². The van der Waals surface area contributed by atoms with Crippen LogP contribution in [0.15, 0.2) is 47.4 Å². The molecule has 0 bridgehead atoms. The molecule has 0 aliphatic heterocycles. The first kappa shape index (κ1) is 19.2. The van der Waals surface area contributed by atoms with Crippen molar-refractivity contribution in [2.45, 2.75) is 11.5 Å². The van der Waals surface area contributed by atoms with Crippen molar-refractivity contribution in [1.82, 2.24) is 10.2 Å². The van der Waals surface area contributed by atoms with E-state index in [9.17, 15) is 8.42 Å². The van der Waals surface area contributed by atoms with Crippen molar-refractivity contribution >= 4 is 61.3 Å². The van der Waals surface area contributed by atoms with Crippen LogP contribution in [0.4, 0.5) is 5.13 Å². The molecule has 3 aromatic rings. The van der Waals surface area contributed by atoms with Crippen LogP contribution in [-0.2, 0) is 16.6 Å². The van der Waals surface area contributed by atoms with Crippen LogP contribution in [-0.4, -0.2) is 18.6 Å². The molecule has 1 heterocycles. The number of rotatable bonds is 6. The maximum absolute atomic E-state index is 12.4. The second-order valence-electron chi connectivity index (χ2n) is 4.92. The van der Waals surface area contributed by atoms with E-state index >= 15 is 0 Å². The van der Waals surface area contributed by atoms with Gasteiger partial charge in [-0.3, -0.25) is 4.72 Å². The van der Waals surface area contributed by atoms with E-state index in [0.717, 1.165) is 11.3 Å². The van der Waals surface area contributed by atoms with Crippen molar-refractivity contribution in [3.63, 3.8) is 0 Å². The molecule has 0 aliphatic carbocycles. The molecule has 0 fully saturated rings. The predicted octanol–water partition coefficient (Wildman–Crippen LogP) is 4.88. The van der Waals surface area contributed by atoms with Crippen LogP contribution in [0.1, 0.15) is 5.01 Å². The number of anilines is 1. The Morgan fingerprint density at radius 2 is 1.73 bits per heavy atom. The highest BCUT2D eigenvalue weighted by molar-refractivity contribution is 7.93. The first-order chi connectivity index (χ1) is 12.3. The summed E-state index contributed by atoms with van der Waals surface area (Å²) >= 11 is 18.5. The SMILES string of the molecule is O=S(=O)(Nc1nnc(COc2ccc(Cl)cc2)s1)c1ccc(Cl)c(Cl)c1. The van der Waals surface area contributed by atoms with Gasteiger partial charge < -0.3 is 4.74 Å². The van der Waals surface area contributed by atoms with Crippen LogP contribution in [0.5, 0.6) is 5.75 Å². The fraction of sp³-hybridized carbons (Fsp3) is 0.0667. The largest absolute Gasteiger partial charge is 0.486 e. The third-order valence-electron chi connectivity index (χ3n) is 3.07. The van der Waals surface area contributed by atoms with Crippen molar-refractivity contribution in [3.05, 3.63) is 62.5 Å². The van der Waals surface area contributed by atoms with E-state index in [0.29, 0.717) is 15.8 Å². The fourth-order valence-corrected chi connectivity index (χ4v) is 4.24. The molecule has 0 spiro atoms. The summed E-state index contributed by atoms with van der Waals surface area (Å²) in [6, 6.07) is 10.9. The Kier molecular flexibility index (Phi) is 5.89. The highest BCUT2D eigenvalue weighted by Crippen LogP contribution is 2.27. The Morgan fingerprint density at radius 1 is 1.00 bits per heavy atom. The zero-order valence-electron chi connectivity index (χ0n) is 12.8. The normalized spacial score (nSPS) is 11.3. The molecule has 0 saturated heterocycles. The number of hydrogen-bond donors (Lipinski definition) is 1. The molecule has 1 aromatic heterocycles. The van der Waals surface area contributed by atoms with Gasteiger partial charge in [0.05, 0.1) is 14.9 Å². The van der Waals surface area contributed by atoms with Gasteiger partial charge in [-0.25, -0.2) is 8.42 Å². The van der Waals surface area contributed by atoms with Crippen LogP contribution in [0.2, 0.25) is 15.1 Å². The van der Waals surface area contributed by atoms with Gasteiger partial charge in [0.15, 0.2) is 5.01 Å². The van der Waals surface area contributed by atoms with Gasteiger partial charge in [-0.05, 0) is 42.5 Å². The van der Waals surface area contributed by atoms with Gasteiger partial charge in [0.1, 0.15) is 12.4 Å². The minimum absolute atomic E-state index is 0.0268. The zero-order chi connectivity index (χ0) is 18.7. The average molecular weight is 451 g/mol. The van der Waals surface area contributed by atoms with E-state index in [2.05, 4.69) is 14.9 Å². The molecule has 6 nitrogen and oxygen atoms in total. The van der Waals surface area contributed by atoms with E-state index in [1.54, 1.807) is 24.3 Å². The molecule has 0 atom stereocenters. The minimum Gasteiger partial charge on any atom is -0.486 e. The number of aromatic nitrogens is 2. The van der Waals surface area contributed by atoms with E-state index in [-0.39, 0.29) is 26.7 Å². The summed E-state index contributed by atoms with van der Waals surface area (Å²) in [6.07, 6.45) is 0. The van der Waals surface area contributed by atoms with Crippen molar-refractivity contribution in [2.75, 3.05) is 4.72 Å². The topological polar surface area (TPSA) is 81.2 Å². The molecule has 2 aromatic carbocycles. The Hall–Kier alpha value is -1.58. The molecule has 136 valence electrons. The molecule has 3 rings (SSSR count). The van der Waals surface area contributed by atoms with E-state index in [4.69, 9.17) is 39.5 Å². The number of hydrogen-bond acceptors (Lipinski definition) is 6. The first-order valence-corrected chi connectivity index (χ1v) is 10.5. The Bertz CT molecular complexity index is 1020. The van der Waals surface area contributed by atoms with Gasteiger partial charge in [0.2, 0.25) is 5.13 Å². The predicted molar refractivity (Wildman–Crippen MR) is 103 cm³/mol. The minimum atomic E-state index is -3.85. The average Bonchev–Trinajstić information content (AvgIpc) is 3.03. The molecule has 0 unspecified atom stereocenters. The highest BCUT2D eigenvalue weighted by Gasteiger charge is 2.18. The monoisotopic (exact) mass is 449 g/mol. The summed E-state index contributed by atoms with van der Waals surface area (Å²) < 4.78 is 32.6. The van der Waals surface area contributed by atoms with Crippen LogP contribution in [0.3, 0.4) is 0 Å². The maximum atomic E-state index is 12.4. The second-order valence-corrected chi connectivity index (χ2v) is 8.92. The van der Waals surface area contributed by atoms with E-state index < -0.39 is 10.0 Å². The van der Waals surface area contributed by atoms with Crippen LogP contribution >= 0.6 is 46.1 Å². The number of halogens is 3. The lowest BCUT2D eigenvalue weighted by atomic mass is 10.3. The smallest absolute Gasteiger partial charge is 0.263 e. The maximum Gasteiger partial charge on any atom is 0.263 e. The Morgan fingerprint density at radius 3 is 2.42 bits per heavy atom. The number of benzene rings is 2. The van der Waals surface area contributed by atoms with Gasteiger partial charge in [-0.2, -0.15) is 0 Å². The standard InChI is InChI=1S/C15H10Cl3N3O3S2/c16-9-1-3-10(4-2-9)24-8-14-19-20-15(25-14)21-26(22,23)11-5-6-12(17)13(18)7-11/h1-7H,8H2,(H,20,21). The third kappa shape index (κ3) is 4.77. The van der Waals surface area contributed by atoms with Gasteiger partial charge >= 0.3 is 0 Å². The lowest BCUT2D eigenvalue weighted by molar-refractivity contribution is 0.304. The Labute approximate surface area is 168 Å². The third-order valence-corrected chi connectivity index (χ3v) is 6.33. The second kappa shape index (κ2) is 7.98. The first-order valence-electron chi connectivity index (χ1n) is 7.02. The molecule has 1 N–H and O–H groups in total. The molecular formula is C15H10Cl3N3O3S2. The van der Waals surface area contributed by atoms with Gasteiger partial charge in [0.25, 0.3) is 10.0 Å². The lowest BCUT2D eigenvalue weighted by Gasteiger charge is -2.05. The van der Waals surface area contributed by atoms with Crippen molar-refractivity contribution in [1.29, 1.82) is 0 Å². The number of nitrogens with one attached hydrogen (secondary N) is 1. The van der Waals surface area contributed by atoms with Gasteiger partial charge in [-0.1, -0.05) is 46.1 Å². The fourth-order valence-electron chi connectivity index (χ4n) is 1.85. The highest BCUT2D eigenvalue weighted by atomic mass is 35.5. The molecular weight excluding hydrogens is 441 g/mol. The van der Waals surface area contributed by atoms with E-state index in [1.165, 1.54) is 18.2 Å². The molecule has 0 saturated carbocycles. The molecule has 26 heavy (non-hydrogen) atoms. The summed E-state index contributed by atoms with van der Waals surface area (Å²) in [4.78, 5) is -0.0268. The van der Waals surface area contributed by atoms with Gasteiger partial charge in [-0.15, -0.1) is 10.2 Å². The summed E-state index contributed by atoms with van der Waals surface area (Å²) in [5.41, 5.74) is 0. The van der Waals surface area contributed by atoms with Crippen LogP contribution in [0.25, 0.3) is 0 Å². The summed E-state index contributed by atoms with van der Waals surface area (Å²) in [6.45, 7) is 0.147. The lowest BCUT2D eigenvalue weighted by Crippen LogP contribution is -2.12. The van der Waals surface area contributed by atoms with Crippen molar-refractivity contribution < 1.29 is 13.2 Å². The molecule has 0 amide bonds. The number of nitrogens with zero attached hydrogens (tertiary/aromatic N) is 2. The van der Waals surface area contributed by atoms with E-state index in [1.807, 2.05) is 0 Å². The summed E-state index contributed by atoms with van der Waals surface area (Å²) in [5.74, 6) is 0.613. The Balaban J connectivity index is 1.67. The molecule has 11 heteroatoms. The van der Waals surface area contributed by atoms with Gasteiger partial charge in [0, 0.05) is 5.02 Å². The summed E-state index contributed by atoms with van der Waals surface area (Å²) in [5, 5.41) is 9.35. The zero-order valence-corrected chi connectivity index (χ0v) is 16.7. The van der Waals surface area contributed by atoms with Crippen LogP contribution < -0.4 is 9.46 Å². The molecule has 0 aliphatic rings. The molecule has 0 radical (unpaired) electrons. The van der Waals surface area contributed by atoms with Crippen molar-refractivity contribution in [3.8, 4) is 5.75 Å². The number of sulfonamides is 1.